The Bertz CT molecular complexity index is 925. The molecule has 1 aliphatic heterocycles. The maximum absolute atomic E-state index is 12.4. The van der Waals surface area contributed by atoms with Gasteiger partial charge in [-0.05, 0) is 42.8 Å². The maximum Gasteiger partial charge on any atom is 0.251 e. The number of benzene rings is 1. The Kier molecular flexibility index (Phi) is 5.29. The van der Waals surface area contributed by atoms with Gasteiger partial charge in [-0.15, -0.1) is 5.10 Å². The molecule has 0 spiro atoms. The van der Waals surface area contributed by atoms with Gasteiger partial charge in [0.05, 0.1) is 24.5 Å². The second kappa shape index (κ2) is 8.18. The van der Waals surface area contributed by atoms with Gasteiger partial charge in [0.2, 0.25) is 0 Å². The van der Waals surface area contributed by atoms with Gasteiger partial charge in [-0.3, -0.25) is 9.78 Å². The van der Waals surface area contributed by atoms with Crippen LogP contribution in [0, 0.1) is 0 Å². The van der Waals surface area contributed by atoms with E-state index in [4.69, 9.17) is 4.74 Å². The topological polar surface area (TPSA) is 85.2 Å². The first-order chi connectivity index (χ1) is 13.7. The van der Waals surface area contributed by atoms with E-state index in [1.54, 1.807) is 30.4 Å². The molecule has 1 aromatic carbocycles. The SMILES string of the molecule is CO[C@H]1CCN(c2ccc(C(=O)NCc3cn(-c4ccncc4)nn3)cc2)C1. The van der Waals surface area contributed by atoms with Crippen molar-refractivity contribution in [2.24, 2.45) is 0 Å². The van der Waals surface area contributed by atoms with Gasteiger partial charge in [-0.1, -0.05) is 5.21 Å². The van der Waals surface area contributed by atoms with Crippen LogP contribution in [0.3, 0.4) is 0 Å². The van der Waals surface area contributed by atoms with E-state index in [-0.39, 0.29) is 12.0 Å². The summed E-state index contributed by atoms with van der Waals surface area (Å²) in [5.41, 5.74) is 3.28. The third-order valence-corrected chi connectivity index (χ3v) is 4.87. The van der Waals surface area contributed by atoms with Crippen LogP contribution in [0.2, 0.25) is 0 Å². The molecule has 1 aliphatic rings. The van der Waals surface area contributed by atoms with E-state index < -0.39 is 0 Å². The zero-order valence-electron chi connectivity index (χ0n) is 15.7. The number of hydrogen-bond donors (Lipinski definition) is 1. The number of ether oxygens (including phenoxy) is 1. The average Bonchev–Trinajstić information content (AvgIpc) is 3.42. The Morgan fingerprint density at radius 1 is 1.18 bits per heavy atom. The Balaban J connectivity index is 1.33. The van der Waals surface area contributed by atoms with E-state index in [1.165, 1.54) is 0 Å². The smallest absolute Gasteiger partial charge is 0.251 e. The summed E-state index contributed by atoms with van der Waals surface area (Å²) in [5.74, 6) is -0.138. The van der Waals surface area contributed by atoms with Crippen LogP contribution in [-0.2, 0) is 11.3 Å². The number of carbonyl (C=O) groups excluding carboxylic acids is 1. The van der Waals surface area contributed by atoms with Gasteiger partial charge in [0.25, 0.3) is 5.91 Å². The van der Waals surface area contributed by atoms with E-state index >= 15 is 0 Å². The third kappa shape index (κ3) is 4.01. The first-order valence-electron chi connectivity index (χ1n) is 9.20. The van der Waals surface area contributed by atoms with Gasteiger partial charge < -0.3 is 15.0 Å². The number of pyridine rings is 1. The van der Waals surface area contributed by atoms with Crippen molar-refractivity contribution < 1.29 is 9.53 Å². The molecule has 1 atom stereocenters. The summed E-state index contributed by atoms with van der Waals surface area (Å²) in [6.07, 6.45) is 6.49. The van der Waals surface area contributed by atoms with E-state index in [2.05, 4.69) is 25.5 Å². The zero-order valence-corrected chi connectivity index (χ0v) is 15.7. The van der Waals surface area contributed by atoms with Crippen molar-refractivity contribution in [2.45, 2.75) is 19.1 Å². The Morgan fingerprint density at radius 2 is 1.96 bits per heavy atom. The van der Waals surface area contributed by atoms with Crippen molar-refractivity contribution in [3.63, 3.8) is 0 Å². The van der Waals surface area contributed by atoms with E-state index in [0.717, 1.165) is 30.9 Å². The highest BCUT2D eigenvalue weighted by molar-refractivity contribution is 5.94. The van der Waals surface area contributed by atoms with Crippen LogP contribution in [0.15, 0.2) is 55.0 Å². The molecular weight excluding hydrogens is 356 g/mol. The first kappa shape index (κ1) is 18.1. The molecule has 0 saturated carbocycles. The fraction of sp³-hybridized carbons (Fsp3) is 0.300. The third-order valence-electron chi connectivity index (χ3n) is 4.87. The van der Waals surface area contributed by atoms with Gasteiger partial charge in [-0.25, -0.2) is 4.68 Å². The average molecular weight is 378 g/mol. The lowest BCUT2D eigenvalue weighted by Gasteiger charge is -2.18. The molecule has 8 heteroatoms. The predicted molar refractivity (Wildman–Crippen MR) is 104 cm³/mol. The highest BCUT2D eigenvalue weighted by atomic mass is 16.5. The molecule has 1 amide bonds. The number of anilines is 1. The summed E-state index contributed by atoms with van der Waals surface area (Å²) in [5, 5.41) is 11.1. The predicted octanol–water partition coefficient (Wildman–Crippen LogP) is 1.82. The number of methoxy groups -OCH3 is 1. The number of amides is 1. The molecule has 28 heavy (non-hydrogen) atoms. The summed E-state index contributed by atoms with van der Waals surface area (Å²) in [6.45, 7) is 2.17. The minimum atomic E-state index is -0.138. The number of nitrogens with one attached hydrogen (secondary N) is 1. The molecule has 0 aliphatic carbocycles. The van der Waals surface area contributed by atoms with E-state index in [1.807, 2.05) is 36.4 Å². The highest BCUT2D eigenvalue weighted by Gasteiger charge is 2.22. The lowest BCUT2D eigenvalue weighted by atomic mass is 10.2. The number of aromatic nitrogens is 4. The second-order valence-corrected chi connectivity index (χ2v) is 6.68. The molecule has 0 bridgehead atoms. The van der Waals surface area contributed by atoms with Gasteiger partial charge >= 0.3 is 0 Å². The summed E-state index contributed by atoms with van der Waals surface area (Å²) in [4.78, 5) is 18.7. The van der Waals surface area contributed by atoms with Crippen LogP contribution in [0.1, 0.15) is 22.5 Å². The monoisotopic (exact) mass is 378 g/mol. The summed E-state index contributed by atoms with van der Waals surface area (Å²) >= 11 is 0. The normalized spacial score (nSPS) is 16.3. The Morgan fingerprint density at radius 3 is 2.68 bits per heavy atom. The number of rotatable bonds is 6. The van der Waals surface area contributed by atoms with Crippen molar-refractivity contribution >= 4 is 11.6 Å². The quantitative estimate of drug-likeness (QED) is 0.704. The lowest BCUT2D eigenvalue weighted by Crippen LogP contribution is -2.24. The van der Waals surface area contributed by atoms with Crippen molar-refractivity contribution in [3.8, 4) is 5.69 Å². The summed E-state index contributed by atoms with van der Waals surface area (Å²) in [7, 11) is 1.75. The molecule has 1 fully saturated rings. The molecule has 1 saturated heterocycles. The molecule has 1 N–H and O–H groups in total. The largest absolute Gasteiger partial charge is 0.380 e. The van der Waals surface area contributed by atoms with Crippen LogP contribution in [0.25, 0.3) is 5.69 Å². The fourth-order valence-electron chi connectivity index (χ4n) is 3.25. The van der Waals surface area contributed by atoms with E-state index in [0.29, 0.717) is 17.8 Å². The second-order valence-electron chi connectivity index (χ2n) is 6.68. The molecule has 3 heterocycles. The fourth-order valence-corrected chi connectivity index (χ4v) is 3.25. The molecule has 0 unspecified atom stereocenters. The molecule has 4 rings (SSSR count). The van der Waals surface area contributed by atoms with Crippen LogP contribution < -0.4 is 10.2 Å². The van der Waals surface area contributed by atoms with Crippen molar-refractivity contribution in [1.29, 1.82) is 0 Å². The molecule has 144 valence electrons. The Hall–Kier alpha value is -3.26. The molecule has 2 aromatic heterocycles. The van der Waals surface area contributed by atoms with Gasteiger partial charge in [0, 0.05) is 43.8 Å². The first-order valence-corrected chi connectivity index (χ1v) is 9.20. The Labute approximate surface area is 163 Å². The number of carbonyl (C=O) groups is 1. The van der Waals surface area contributed by atoms with Crippen LogP contribution in [-0.4, -0.2) is 52.2 Å². The molecular formula is C20H22N6O2. The van der Waals surface area contributed by atoms with Gasteiger partial charge in [0.15, 0.2) is 0 Å². The molecule has 8 nitrogen and oxygen atoms in total. The molecule has 3 aromatic rings. The van der Waals surface area contributed by atoms with Crippen LogP contribution in [0.4, 0.5) is 5.69 Å². The van der Waals surface area contributed by atoms with Gasteiger partial charge in [-0.2, -0.15) is 0 Å². The summed E-state index contributed by atoms with van der Waals surface area (Å²) < 4.78 is 7.06. The maximum atomic E-state index is 12.4. The highest BCUT2D eigenvalue weighted by Crippen LogP contribution is 2.22. The van der Waals surface area contributed by atoms with Crippen molar-refractivity contribution in [1.82, 2.24) is 25.3 Å². The van der Waals surface area contributed by atoms with Crippen LogP contribution >= 0.6 is 0 Å². The minimum absolute atomic E-state index is 0.138. The number of nitrogens with zero attached hydrogens (tertiary/aromatic N) is 5. The minimum Gasteiger partial charge on any atom is -0.380 e. The number of hydrogen-bond acceptors (Lipinski definition) is 6. The van der Waals surface area contributed by atoms with Crippen molar-refractivity contribution in [3.05, 3.63) is 66.2 Å². The lowest BCUT2D eigenvalue weighted by molar-refractivity contribution is 0.0950. The van der Waals surface area contributed by atoms with Crippen molar-refractivity contribution in [2.75, 3.05) is 25.1 Å². The van der Waals surface area contributed by atoms with Gasteiger partial charge in [0.1, 0.15) is 5.69 Å². The zero-order chi connectivity index (χ0) is 19.3. The molecule has 0 radical (unpaired) electrons. The standard InChI is InChI=1S/C20H22N6O2/c1-28-19-8-11-25(14-19)17-4-2-15(3-5-17)20(27)22-12-16-13-26(24-23-16)18-6-9-21-10-7-18/h2-7,9-10,13,19H,8,11-12,14H2,1H3,(H,22,27)/t19-/m0/s1. The summed E-state index contributed by atoms with van der Waals surface area (Å²) in [6, 6.07) is 11.3. The van der Waals surface area contributed by atoms with E-state index in [9.17, 15) is 4.79 Å². The van der Waals surface area contributed by atoms with Crippen LogP contribution in [0.5, 0.6) is 0 Å².